The van der Waals surface area contributed by atoms with Crippen LogP contribution in [0.3, 0.4) is 0 Å². The Morgan fingerprint density at radius 1 is 0.688 bits per heavy atom. The summed E-state index contributed by atoms with van der Waals surface area (Å²) in [4.78, 5) is 12.4. The van der Waals surface area contributed by atoms with Crippen LogP contribution in [-0.4, -0.2) is 36.1 Å². The molecular weight excluding hydrogens is 434 g/mol. The second-order valence-corrected chi connectivity index (χ2v) is 7.37. The van der Waals surface area contributed by atoms with Crippen LogP contribution in [0.5, 0.6) is 0 Å². The van der Waals surface area contributed by atoms with Crippen molar-refractivity contribution in [1.29, 1.82) is 0 Å². The Hall–Kier alpha value is -3.30. The molecular formula is C22H18F6N4. The third-order valence-corrected chi connectivity index (χ3v) is 5.23. The molecule has 3 aromatic rings. The van der Waals surface area contributed by atoms with Crippen LogP contribution in [-0.2, 0) is 12.4 Å². The van der Waals surface area contributed by atoms with E-state index in [0.29, 0.717) is 44.1 Å². The van der Waals surface area contributed by atoms with Gasteiger partial charge in [-0.15, -0.1) is 0 Å². The number of para-hydroxylation sites is 1. The van der Waals surface area contributed by atoms with Crippen molar-refractivity contribution < 1.29 is 26.3 Å². The topological polar surface area (TPSA) is 32.3 Å². The second-order valence-electron chi connectivity index (χ2n) is 7.37. The fraction of sp³-hybridized carbons (Fsp3) is 0.273. The summed E-state index contributed by atoms with van der Waals surface area (Å²) in [5, 5.41) is 0. The van der Waals surface area contributed by atoms with E-state index in [-0.39, 0.29) is 17.3 Å². The van der Waals surface area contributed by atoms with Crippen molar-refractivity contribution in [3.63, 3.8) is 0 Å². The molecule has 1 aliphatic heterocycles. The van der Waals surface area contributed by atoms with Gasteiger partial charge in [0.15, 0.2) is 0 Å². The van der Waals surface area contributed by atoms with Gasteiger partial charge in [-0.05, 0) is 30.3 Å². The predicted octanol–water partition coefficient (Wildman–Crippen LogP) is 5.51. The zero-order valence-corrected chi connectivity index (χ0v) is 16.7. The minimum Gasteiger partial charge on any atom is -0.368 e. The summed E-state index contributed by atoms with van der Waals surface area (Å²) in [6.45, 7) is 2.56. The molecule has 4 rings (SSSR count). The molecule has 1 fully saturated rings. The average molecular weight is 452 g/mol. The van der Waals surface area contributed by atoms with Crippen LogP contribution in [0.25, 0.3) is 11.3 Å². The Morgan fingerprint density at radius 3 is 1.81 bits per heavy atom. The van der Waals surface area contributed by atoms with E-state index >= 15 is 0 Å². The number of benzene rings is 2. The molecule has 0 amide bonds. The van der Waals surface area contributed by atoms with Crippen LogP contribution in [0.15, 0.2) is 60.9 Å². The minimum absolute atomic E-state index is 0.0513. The van der Waals surface area contributed by atoms with Gasteiger partial charge in [0, 0.05) is 37.4 Å². The van der Waals surface area contributed by atoms with Crippen LogP contribution in [0.2, 0.25) is 0 Å². The third-order valence-electron chi connectivity index (χ3n) is 5.23. The average Bonchev–Trinajstić information content (AvgIpc) is 2.78. The number of anilines is 2. The maximum absolute atomic E-state index is 13.2. The Bertz CT molecular complexity index is 1040. The Morgan fingerprint density at radius 2 is 1.25 bits per heavy atom. The maximum atomic E-state index is 13.2. The monoisotopic (exact) mass is 452 g/mol. The van der Waals surface area contributed by atoms with Gasteiger partial charge < -0.3 is 9.80 Å². The van der Waals surface area contributed by atoms with Crippen molar-refractivity contribution in [2.24, 2.45) is 0 Å². The predicted molar refractivity (Wildman–Crippen MR) is 108 cm³/mol. The van der Waals surface area contributed by atoms with E-state index in [1.54, 1.807) is 0 Å². The number of hydrogen-bond acceptors (Lipinski definition) is 4. The molecule has 10 heteroatoms. The Labute approximate surface area is 180 Å². The van der Waals surface area contributed by atoms with Gasteiger partial charge in [0.05, 0.1) is 29.2 Å². The molecule has 32 heavy (non-hydrogen) atoms. The summed E-state index contributed by atoms with van der Waals surface area (Å²) >= 11 is 0. The molecule has 0 bridgehead atoms. The molecule has 2 aromatic carbocycles. The van der Waals surface area contributed by atoms with Gasteiger partial charge in [0.1, 0.15) is 5.82 Å². The van der Waals surface area contributed by atoms with Crippen LogP contribution in [0.1, 0.15) is 11.1 Å². The van der Waals surface area contributed by atoms with Crippen molar-refractivity contribution in [3.8, 4) is 11.3 Å². The highest BCUT2D eigenvalue weighted by atomic mass is 19.4. The molecule has 1 aliphatic rings. The highest BCUT2D eigenvalue weighted by molar-refractivity contribution is 5.63. The number of alkyl halides is 6. The lowest BCUT2D eigenvalue weighted by atomic mass is 10.0. The van der Waals surface area contributed by atoms with Crippen LogP contribution < -0.4 is 9.80 Å². The molecule has 1 aromatic heterocycles. The van der Waals surface area contributed by atoms with Crippen molar-refractivity contribution in [2.45, 2.75) is 12.4 Å². The molecule has 0 N–H and O–H groups in total. The van der Waals surface area contributed by atoms with Gasteiger partial charge in [-0.1, -0.05) is 18.2 Å². The fourth-order valence-corrected chi connectivity index (χ4v) is 3.58. The summed E-state index contributed by atoms with van der Waals surface area (Å²) in [6.07, 6.45) is -7.22. The van der Waals surface area contributed by atoms with E-state index in [4.69, 9.17) is 0 Å². The van der Waals surface area contributed by atoms with Gasteiger partial charge in [-0.3, -0.25) is 4.98 Å². The summed E-state index contributed by atoms with van der Waals surface area (Å²) in [7, 11) is 0. The summed E-state index contributed by atoms with van der Waals surface area (Å²) in [5.74, 6) is 0.404. The molecule has 0 spiro atoms. The molecule has 4 nitrogen and oxygen atoms in total. The first-order valence-electron chi connectivity index (χ1n) is 9.78. The number of rotatable bonds is 3. The zero-order valence-electron chi connectivity index (χ0n) is 16.7. The van der Waals surface area contributed by atoms with Crippen LogP contribution >= 0.6 is 0 Å². The molecule has 0 radical (unpaired) electrons. The van der Waals surface area contributed by atoms with E-state index < -0.39 is 23.5 Å². The van der Waals surface area contributed by atoms with E-state index in [1.807, 2.05) is 35.2 Å². The lowest BCUT2D eigenvalue weighted by molar-refractivity contribution is -0.143. The summed E-state index contributed by atoms with van der Waals surface area (Å²) in [5.41, 5.74) is -2.03. The molecule has 2 heterocycles. The lowest BCUT2D eigenvalue weighted by Crippen LogP contribution is -2.46. The first-order chi connectivity index (χ1) is 15.1. The van der Waals surface area contributed by atoms with Crippen molar-refractivity contribution in [1.82, 2.24) is 9.97 Å². The van der Waals surface area contributed by atoms with Crippen LogP contribution in [0.4, 0.5) is 37.8 Å². The molecule has 0 aliphatic carbocycles. The standard InChI is InChI=1S/C22H18F6N4/c23-21(24,25)16-10-15(11-17(12-16)22(26,27)28)19-13-29-14-20(30-19)32-8-6-31(7-9-32)18-4-2-1-3-5-18/h1-5,10-14H,6-9H2. The second kappa shape index (κ2) is 8.33. The van der Waals surface area contributed by atoms with Crippen molar-refractivity contribution >= 4 is 11.5 Å². The quantitative estimate of drug-likeness (QED) is 0.491. The molecule has 0 atom stereocenters. The van der Waals surface area contributed by atoms with E-state index in [2.05, 4.69) is 14.9 Å². The largest absolute Gasteiger partial charge is 0.416 e. The molecule has 0 saturated carbocycles. The number of aromatic nitrogens is 2. The van der Waals surface area contributed by atoms with Gasteiger partial charge in [0.25, 0.3) is 0 Å². The third kappa shape index (κ3) is 4.79. The van der Waals surface area contributed by atoms with Gasteiger partial charge in [0.2, 0.25) is 0 Å². The minimum atomic E-state index is -4.92. The highest BCUT2D eigenvalue weighted by Crippen LogP contribution is 2.38. The smallest absolute Gasteiger partial charge is 0.368 e. The number of hydrogen-bond donors (Lipinski definition) is 0. The molecule has 0 unspecified atom stereocenters. The van der Waals surface area contributed by atoms with Crippen LogP contribution in [0, 0.1) is 0 Å². The van der Waals surface area contributed by atoms with Crippen molar-refractivity contribution in [3.05, 3.63) is 72.1 Å². The van der Waals surface area contributed by atoms with E-state index in [9.17, 15) is 26.3 Å². The Kier molecular flexibility index (Phi) is 5.70. The van der Waals surface area contributed by atoms with Crippen molar-refractivity contribution in [2.75, 3.05) is 36.0 Å². The van der Waals surface area contributed by atoms with E-state index in [0.717, 1.165) is 5.69 Å². The molecule has 168 valence electrons. The highest BCUT2D eigenvalue weighted by Gasteiger charge is 2.37. The number of piperazine rings is 1. The SMILES string of the molecule is FC(F)(F)c1cc(-c2cncc(N3CCN(c4ccccc4)CC3)n2)cc(C(F)(F)F)c1. The number of nitrogens with zero attached hydrogens (tertiary/aromatic N) is 4. The van der Waals surface area contributed by atoms with Gasteiger partial charge >= 0.3 is 12.4 Å². The lowest BCUT2D eigenvalue weighted by Gasteiger charge is -2.36. The van der Waals surface area contributed by atoms with Gasteiger partial charge in [-0.2, -0.15) is 26.3 Å². The zero-order chi connectivity index (χ0) is 22.9. The van der Waals surface area contributed by atoms with Gasteiger partial charge in [-0.25, -0.2) is 4.98 Å². The summed E-state index contributed by atoms with van der Waals surface area (Å²) in [6, 6.07) is 11.3. The first-order valence-corrected chi connectivity index (χ1v) is 9.78. The first kappa shape index (κ1) is 21.9. The number of halogens is 6. The maximum Gasteiger partial charge on any atom is 0.416 e. The van der Waals surface area contributed by atoms with E-state index in [1.165, 1.54) is 12.4 Å². The fourth-order valence-electron chi connectivity index (χ4n) is 3.58. The molecule has 1 saturated heterocycles. The summed E-state index contributed by atoms with van der Waals surface area (Å²) < 4.78 is 79.1. The normalized spacial score (nSPS) is 15.2. The Balaban J connectivity index is 1.60.